The molecule has 0 bridgehead atoms. The maximum Gasteiger partial charge on any atom is 0.262 e. The largest absolute Gasteiger partial charge is 0.349 e. The highest BCUT2D eigenvalue weighted by molar-refractivity contribution is 7.99. The first-order chi connectivity index (χ1) is 15.9. The quantitative estimate of drug-likeness (QED) is 0.315. The fraction of sp³-hybridized carbons (Fsp3) is 0.192. The van der Waals surface area contributed by atoms with E-state index in [0.717, 1.165) is 16.7 Å². The molecule has 1 N–H and O–H groups in total. The fourth-order valence-corrected chi connectivity index (χ4v) is 4.33. The highest BCUT2D eigenvalue weighted by Crippen LogP contribution is 2.20. The molecule has 0 fully saturated rings. The SMILES string of the molecule is Cc1ccc(Cn2c(SCC(=O)NC(C)c3ccc(F)cc3)nc3ccccc3c2=O)cc1. The third-order valence-corrected chi connectivity index (χ3v) is 6.34. The number of benzene rings is 3. The number of hydrogen-bond donors (Lipinski definition) is 1. The molecular formula is C26H24FN3O2S. The Bertz CT molecular complexity index is 1330. The second kappa shape index (κ2) is 10.0. The standard InChI is InChI=1S/C26H24FN3O2S/c1-17-7-9-19(10-8-17)15-30-25(32)22-5-3-4-6-23(22)29-26(30)33-16-24(31)28-18(2)20-11-13-21(27)14-12-20/h3-14,18H,15-16H2,1-2H3,(H,28,31). The Balaban J connectivity index is 1.55. The van der Waals surface area contributed by atoms with Crippen LogP contribution in [0, 0.1) is 12.7 Å². The minimum absolute atomic E-state index is 0.101. The number of hydrogen-bond acceptors (Lipinski definition) is 4. The van der Waals surface area contributed by atoms with Crippen molar-refractivity contribution < 1.29 is 9.18 Å². The van der Waals surface area contributed by atoms with E-state index in [0.29, 0.717) is 22.6 Å². The maximum atomic E-state index is 13.2. The summed E-state index contributed by atoms with van der Waals surface area (Å²) in [5.41, 5.74) is 3.41. The van der Waals surface area contributed by atoms with Gasteiger partial charge in [-0.2, -0.15) is 0 Å². The lowest BCUT2D eigenvalue weighted by Crippen LogP contribution is -2.29. The number of aromatic nitrogens is 2. The van der Waals surface area contributed by atoms with Gasteiger partial charge in [0.2, 0.25) is 5.91 Å². The van der Waals surface area contributed by atoms with Gasteiger partial charge in [-0.05, 0) is 49.2 Å². The van der Waals surface area contributed by atoms with E-state index in [-0.39, 0.29) is 29.1 Å². The number of nitrogens with zero attached hydrogens (tertiary/aromatic N) is 2. The average Bonchev–Trinajstić information content (AvgIpc) is 2.81. The molecule has 0 radical (unpaired) electrons. The minimum Gasteiger partial charge on any atom is -0.349 e. The van der Waals surface area contributed by atoms with Gasteiger partial charge in [0.1, 0.15) is 5.82 Å². The summed E-state index contributed by atoms with van der Waals surface area (Å²) in [6.07, 6.45) is 0. The van der Waals surface area contributed by atoms with Gasteiger partial charge >= 0.3 is 0 Å². The van der Waals surface area contributed by atoms with Gasteiger partial charge in [-0.1, -0.05) is 65.9 Å². The molecule has 0 aliphatic heterocycles. The molecule has 4 aromatic rings. The van der Waals surface area contributed by atoms with Crippen molar-refractivity contribution in [3.63, 3.8) is 0 Å². The topological polar surface area (TPSA) is 64.0 Å². The first-order valence-corrected chi connectivity index (χ1v) is 11.6. The van der Waals surface area contributed by atoms with Crippen LogP contribution >= 0.6 is 11.8 Å². The van der Waals surface area contributed by atoms with Gasteiger partial charge in [-0.15, -0.1) is 0 Å². The summed E-state index contributed by atoms with van der Waals surface area (Å²) in [6, 6.07) is 21.0. The van der Waals surface area contributed by atoms with Crippen molar-refractivity contribution >= 4 is 28.6 Å². The summed E-state index contributed by atoms with van der Waals surface area (Å²) in [5.74, 6) is -0.410. The van der Waals surface area contributed by atoms with Crippen LogP contribution in [0.25, 0.3) is 10.9 Å². The smallest absolute Gasteiger partial charge is 0.262 e. The fourth-order valence-electron chi connectivity index (χ4n) is 3.52. The number of rotatable bonds is 7. The first kappa shape index (κ1) is 22.7. The van der Waals surface area contributed by atoms with Crippen molar-refractivity contribution in [3.8, 4) is 0 Å². The number of para-hydroxylation sites is 1. The van der Waals surface area contributed by atoms with E-state index in [1.165, 1.54) is 23.9 Å². The lowest BCUT2D eigenvalue weighted by molar-refractivity contribution is -0.119. The molecule has 3 aromatic carbocycles. The molecule has 33 heavy (non-hydrogen) atoms. The zero-order chi connectivity index (χ0) is 23.4. The molecule has 168 valence electrons. The highest BCUT2D eigenvalue weighted by atomic mass is 32.2. The van der Waals surface area contributed by atoms with Crippen LogP contribution in [0.4, 0.5) is 4.39 Å². The Morgan fingerprint density at radius 1 is 1.06 bits per heavy atom. The Morgan fingerprint density at radius 2 is 1.76 bits per heavy atom. The lowest BCUT2D eigenvalue weighted by Gasteiger charge is -2.16. The van der Waals surface area contributed by atoms with Crippen molar-refractivity contribution in [1.29, 1.82) is 0 Å². The van der Waals surface area contributed by atoms with Crippen LogP contribution < -0.4 is 10.9 Å². The monoisotopic (exact) mass is 461 g/mol. The summed E-state index contributed by atoms with van der Waals surface area (Å²) in [4.78, 5) is 30.5. The minimum atomic E-state index is -0.318. The molecule has 1 heterocycles. The van der Waals surface area contributed by atoms with Crippen molar-refractivity contribution in [1.82, 2.24) is 14.9 Å². The van der Waals surface area contributed by atoms with Gasteiger partial charge in [0.25, 0.3) is 5.56 Å². The first-order valence-electron chi connectivity index (χ1n) is 10.6. The maximum absolute atomic E-state index is 13.2. The number of carbonyl (C=O) groups is 1. The molecule has 0 saturated carbocycles. The van der Waals surface area contributed by atoms with E-state index in [9.17, 15) is 14.0 Å². The molecule has 1 unspecified atom stereocenters. The number of halogens is 1. The predicted octanol–water partition coefficient (Wildman–Crippen LogP) is 4.86. The predicted molar refractivity (Wildman–Crippen MR) is 130 cm³/mol. The Morgan fingerprint density at radius 3 is 2.48 bits per heavy atom. The number of aryl methyl sites for hydroxylation is 1. The van der Waals surface area contributed by atoms with E-state index >= 15 is 0 Å². The van der Waals surface area contributed by atoms with Gasteiger partial charge < -0.3 is 5.32 Å². The third-order valence-electron chi connectivity index (χ3n) is 5.37. The molecule has 0 aliphatic rings. The van der Waals surface area contributed by atoms with Gasteiger partial charge in [0.05, 0.1) is 29.2 Å². The van der Waals surface area contributed by atoms with Crippen LogP contribution in [0.1, 0.15) is 29.7 Å². The van der Waals surface area contributed by atoms with E-state index in [2.05, 4.69) is 10.3 Å². The molecule has 0 spiro atoms. The molecule has 0 saturated heterocycles. The average molecular weight is 462 g/mol. The van der Waals surface area contributed by atoms with E-state index in [1.54, 1.807) is 28.8 Å². The Labute approximate surface area is 195 Å². The zero-order valence-corrected chi connectivity index (χ0v) is 19.2. The lowest BCUT2D eigenvalue weighted by atomic mass is 10.1. The summed E-state index contributed by atoms with van der Waals surface area (Å²) in [6.45, 7) is 4.23. The number of carbonyl (C=O) groups excluding carboxylic acids is 1. The molecule has 5 nitrogen and oxygen atoms in total. The van der Waals surface area contributed by atoms with Crippen LogP contribution in [0.2, 0.25) is 0 Å². The van der Waals surface area contributed by atoms with E-state index in [4.69, 9.17) is 0 Å². The van der Waals surface area contributed by atoms with Gasteiger partial charge in [-0.3, -0.25) is 14.2 Å². The molecule has 7 heteroatoms. The number of fused-ring (bicyclic) bond motifs is 1. The molecule has 1 atom stereocenters. The number of amides is 1. The van der Waals surface area contributed by atoms with Gasteiger partial charge in [-0.25, -0.2) is 9.37 Å². The Kier molecular flexibility index (Phi) is 6.89. The zero-order valence-electron chi connectivity index (χ0n) is 18.4. The van der Waals surface area contributed by atoms with Crippen LogP contribution in [0.15, 0.2) is 82.7 Å². The normalized spacial score (nSPS) is 12.0. The second-order valence-electron chi connectivity index (χ2n) is 7.92. The second-order valence-corrected chi connectivity index (χ2v) is 8.86. The number of thioether (sulfide) groups is 1. The van der Waals surface area contributed by atoms with E-state index < -0.39 is 0 Å². The van der Waals surface area contributed by atoms with Crippen molar-refractivity contribution in [2.45, 2.75) is 31.6 Å². The summed E-state index contributed by atoms with van der Waals surface area (Å²) in [7, 11) is 0. The molecular weight excluding hydrogens is 437 g/mol. The highest BCUT2D eigenvalue weighted by Gasteiger charge is 2.15. The summed E-state index contributed by atoms with van der Waals surface area (Å²) in [5, 5.41) is 3.95. The van der Waals surface area contributed by atoms with Crippen LogP contribution in [0.5, 0.6) is 0 Å². The molecule has 0 aliphatic carbocycles. The van der Waals surface area contributed by atoms with Gasteiger partial charge in [0.15, 0.2) is 5.16 Å². The Hall–Kier alpha value is -3.45. The molecule has 1 aromatic heterocycles. The molecule has 1 amide bonds. The number of nitrogens with one attached hydrogen (secondary N) is 1. The van der Waals surface area contributed by atoms with Crippen LogP contribution in [-0.2, 0) is 11.3 Å². The summed E-state index contributed by atoms with van der Waals surface area (Å²) >= 11 is 1.23. The van der Waals surface area contributed by atoms with Gasteiger partial charge in [0, 0.05) is 0 Å². The van der Waals surface area contributed by atoms with Crippen molar-refractivity contribution in [2.75, 3.05) is 5.75 Å². The summed E-state index contributed by atoms with van der Waals surface area (Å²) < 4.78 is 14.8. The van der Waals surface area contributed by atoms with E-state index in [1.807, 2.05) is 50.2 Å². The van der Waals surface area contributed by atoms with Crippen LogP contribution in [0.3, 0.4) is 0 Å². The van der Waals surface area contributed by atoms with Crippen molar-refractivity contribution in [2.24, 2.45) is 0 Å². The van der Waals surface area contributed by atoms with Crippen molar-refractivity contribution in [3.05, 3.63) is 106 Å². The van der Waals surface area contributed by atoms with Crippen LogP contribution in [-0.4, -0.2) is 21.2 Å². The molecule has 4 rings (SSSR count). The third kappa shape index (κ3) is 5.49.